The van der Waals surface area contributed by atoms with Gasteiger partial charge in [-0.25, -0.2) is 8.78 Å². The molecule has 1 aliphatic carbocycles. The fourth-order valence-electron chi connectivity index (χ4n) is 3.79. The molecule has 0 saturated carbocycles. The number of hydrogen-bond donors (Lipinski definition) is 2. The van der Waals surface area contributed by atoms with Gasteiger partial charge >= 0.3 is 0 Å². The Bertz CT molecular complexity index is 1130. The van der Waals surface area contributed by atoms with E-state index in [1.165, 1.54) is 24.3 Å². The molecule has 2 aliphatic rings. The lowest BCUT2D eigenvalue weighted by Crippen LogP contribution is -2.34. The van der Waals surface area contributed by atoms with Gasteiger partial charge in [-0.05, 0) is 24.1 Å². The molecular weight excluding hydrogens is 394 g/mol. The summed E-state index contributed by atoms with van der Waals surface area (Å²) in [6.07, 6.45) is -1.12. The van der Waals surface area contributed by atoms with Crippen LogP contribution >= 0.6 is 0 Å². The van der Waals surface area contributed by atoms with Gasteiger partial charge in [-0.2, -0.15) is 8.42 Å². The first-order valence-corrected chi connectivity index (χ1v) is 9.77. The van der Waals surface area contributed by atoms with E-state index >= 15 is 0 Å². The highest BCUT2D eigenvalue weighted by Crippen LogP contribution is 2.51. The topological polar surface area (TPSA) is 101 Å². The van der Waals surface area contributed by atoms with Gasteiger partial charge in [0.1, 0.15) is 11.5 Å². The fraction of sp³-hybridized carbons (Fsp3) is 0.211. The minimum Gasteiger partial charge on any atom is -0.505 e. The second-order valence-electron chi connectivity index (χ2n) is 6.69. The van der Waals surface area contributed by atoms with Crippen molar-refractivity contribution in [2.45, 2.75) is 23.4 Å². The minimum atomic E-state index is -4.63. The van der Waals surface area contributed by atoms with E-state index in [0.717, 1.165) is 18.2 Å². The summed E-state index contributed by atoms with van der Waals surface area (Å²) >= 11 is 0. The molecule has 3 atom stereocenters. The molecule has 0 radical (unpaired) electrons. The van der Waals surface area contributed by atoms with Crippen LogP contribution in [0.5, 0.6) is 11.5 Å². The number of phenols is 1. The van der Waals surface area contributed by atoms with Gasteiger partial charge in [0.05, 0.1) is 4.90 Å². The highest BCUT2D eigenvalue weighted by Gasteiger charge is 2.43. The Morgan fingerprint density at radius 2 is 1.86 bits per heavy atom. The summed E-state index contributed by atoms with van der Waals surface area (Å²) in [5, 5.41) is 9.67. The monoisotopic (exact) mass is 408 g/mol. The Balaban J connectivity index is 2.01. The summed E-state index contributed by atoms with van der Waals surface area (Å²) in [6.45, 7) is 0. The second kappa shape index (κ2) is 6.39. The number of allylic oxidation sites excluding steroid dienone is 2. The van der Waals surface area contributed by atoms with E-state index in [1.54, 1.807) is 0 Å². The number of hydrogen-bond acceptors (Lipinski definition) is 5. The van der Waals surface area contributed by atoms with Gasteiger partial charge in [-0.3, -0.25) is 9.35 Å². The van der Waals surface area contributed by atoms with E-state index in [4.69, 9.17) is 4.74 Å². The summed E-state index contributed by atoms with van der Waals surface area (Å²) in [7, 11) is -4.63. The van der Waals surface area contributed by atoms with Crippen LogP contribution in [0.25, 0.3) is 0 Å². The van der Waals surface area contributed by atoms with Crippen molar-refractivity contribution < 1.29 is 36.4 Å². The number of rotatable bonds is 2. The van der Waals surface area contributed by atoms with Crippen LogP contribution in [0.4, 0.5) is 8.78 Å². The van der Waals surface area contributed by atoms with Crippen LogP contribution in [0.15, 0.2) is 53.1 Å². The van der Waals surface area contributed by atoms with Crippen LogP contribution in [0, 0.1) is 11.7 Å². The summed E-state index contributed by atoms with van der Waals surface area (Å²) in [4.78, 5) is 11.4. The number of aromatic hydroxyl groups is 1. The van der Waals surface area contributed by atoms with Crippen molar-refractivity contribution in [1.82, 2.24) is 0 Å². The smallest absolute Gasteiger partial charge is 0.294 e. The van der Waals surface area contributed by atoms with Crippen molar-refractivity contribution in [2.24, 2.45) is 5.92 Å². The number of carbonyl (C=O) groups excluding carboxylic acids is 1. The second-order valence-corrected chi connectivity index (χ2v) is 8.08. The highest BCUT2D eigenvalue weighted by atomic mass is 32.2. The molecule has 3 unspecified atom stereocenters. The number of benzene rings is 2. The molecule has 28 heavy (non-hydrogen) atoms. The summed E-state index contributed by atoms with van der Waals surface area (Å²) in [6, 6.07) is 7.53. The van der Waals surface area contributed by atoms with Crippen LogP contribution in [-0.4, -0.2) is 30.0 Å². The minimum absolute atomic E-state index is 0.0154. The van der Waals surface area contributed by atoms with Crippen LogP contribution in [0.1, 0.15) is 23.5 Å². The van der Waals surface area contributed by atoms with E-state index in [0.29, 0.717) is 0 Å². The first-order valence-electron chi connectivity index (χ1n) is 8.33. The molecule has 0 aromatic heterocycles. The molecule has 146 valence electrons. The van der Waals surface area contributed by atoms with E-state index in [-0.39, 0.29) is 29.1 Å². The van der Waals surface area contributed by atoms with Gasteiger partial charge in [-0.1, -0.05) is 18.2 Å². The summed E-state index contributed by atoms with van der Waals surface area (Å²) < 4.78 is 67.2. The molecular formula is C19H14F2O6S. The van der Waals surface area contributed by atoms with E-state index in [9.17, 15) is 31.7 Å². The number of phenolic OH excluding ortho intramolecular Hbond substituents is 1. The summed E-state index contributed by atoms with van der Waals surface area (Å²) in [5.41, 5.74) is 0.284. The zero-order chi connectivity index (χ0) is 20.2. The molecule has 1 aliphatic heterocycles. The molecule has 6 nitrogen and oxygen atoms in total. The normalized spacial score (nSPS) is 24.0. The average Bonchev–Trinajstić information content (AvgIpc) is 2.62. The van der Waals surface area contributed by atoms with Crippen LogP contribution in [-0.2, 0) is 14.9 Å². The van der Waals surface area contributed by atoms with Gasteiger partial charge in [0.2, 0.25) is 0 Å². The fourth-order valence-corrected chi connectivity index (χ4v) is 4.53. The van der Waals surface area contributed by atoms with Gasteiger partial charge in [0.25, 0.3) is 10.1 Å². The zero-order valence-electron chi connectivity index (χ0n) is 14.2. The van der Waals surface area contributed by atoms with Crippen LogP contribution in [0.3, 0.4) is 0 Å². The molecule has 1 heterocycles. The lowest BCUT2D eigenvalue weighted by Gasteiger charge is -2.38. The van der Waals surface area contributed by atoms with Gasteiger partial charge < -0.3 is 9.84 Å². The molecule has 4 rings (SSSR count). The molecule has 0 bridgehead atoms. The average molecular weight is 408 g/mol. The number of alkyl halides is 1. The molecule has 0 saturated heterocycles. The van der Waals surface area contributed by atoms with Gasteiger partial charge in [0, 0.05) is 29.5 Å². The number of halogens is 2. The van der Waals surface area contributed by atoms with Crippen molar-refractivity contribution in [2.75, 3.05) is 0 Å². The molecule has 2 aromatic rings. The van der Waals surface area contributed by atoms with E-state index in [2.05, 4.69) is 0 Å². The van der Waals surface area contributed by atoms with E-state index in [1.807, 2.05) is 0 Å². The predicted octanol–water partition coefficient (Wildman–Crippen LogP) is 3.11. The molecule has 0 fully saturated rings. The largest absolute Gasteiger partial charge is 0.505 e. The Morgan fingerprint density at radius 3 is 2.57 bits per heavy atom. The number of carbonyl (C=O) groups is 1. The van der Waals surface area contributed by atoms with Crippen molar-refractivity contribution in [3.63, 3.8) is 0 Å². The predicted molar refractivity (Wildman–Crippen MR) is 92.9 cm³/mol. The molecule has 0 amide bonds. The molecule has 2 aromatic carbocycles. The Kier molecular flexibility index (Phi) is 4.24. The number of ketones is 1. The molecule has 9 heteroatoms. The quantitative estimate of drug-likeness (QED) is 0.741. The standard InChI is InChI=1S/C19H14F2O6S/c20-12-5-10-16(7-14(12)22)27-17-8-15(23)13(21)6-11(17)19(10)9-3-1-2-4-18(9)28(24,25)26/h1-5,7-8,11,13,19,22H,6H2,(H,24,25,26). The lowest BCUT2D eigenvalue weighted by atomic mass is 9.73. The molecule has 0 spiro atoms. The van der Waals surface area contributed by atoms with Crippen molar-refractivity contribution in [1.29, 1.82) is 0 Å². The number of fused-ring (bicyclic) bond motifs is 2. The Morgan fingerprint density at radius 1 is 1.14 bits per heavy atom. The maximum Gasteiger partial charge on any atom is 0.294 e. The summed E-state index contributed by atoms with van der Waals surface area (Å²) in [5.74, 6) is -4.06. The van der Waals surface area contributed by atoms with Crippen molar-refractivity contribution in [3.05, 3.63) is 65.2 Å². The SMILES string of the molecule is O=C1C=C2Oc3cc(O)c(F)cc3C(c3ccccc3S(=O)(=O)O)C2CC1F. The third-order valence-electron chi connectivity index (χ3n) is 5.00. The van der Waals surface area contributed by atoms with Crippen molar-refractivity contribution in [3.8, 4) is 11.5 Å². The Hall–Kier alpha value is -2.78. The lowest BCUT2D eigenvalue weighted by molar-refractivity contribution is -0.120. The highest BCUT2D eigenvalue weighted by molar-refractivity contribution is 7.85. The zero-order valence-corrected chi connectivity index (χ0v) is 15.0. The van der Waals surface area contributed by atoms with Gasteiger partial charge in [-0.15, -0.1) is 0 Å². The van der Waals surface area contributed by atoms with Crippen molar-refractivity contribution >= 4 is 15.9 Å². The maximum atomic E-state index is 14.2. The maximum absolute atomic E-state index is 14.2. The first kappa shape index (κ1) is 18.6. The molecule has 2 N–H and O–H groups in total. The Labute approximate surface area is 158 Å². The van der Waals surface area contributed by atoms with Crippen LogP contribution in [0.2, 0.25) is 0 Å². The van der Waals surface area contributed by atoms with E-state index < -0.39 is 50.4 Å². The number of ether oxygens (including phenoxy) is 1. The van der Waals surface area contributed by atoms with Gasteiger partial charge in [0.15, 0.2) is 23.5 Å². The third-order valence-corrected chi connectivity index (χ3v) is 5.92. The first-order chi connectivity index (χ1) is 13.2. The third kappa shape index (κ3) is 2.96. The van der Waals surface area contributed by atoms with Crippen LogP contribution < -0.4 is 4.74 Å².